The average Bonchev–Trinajstić information content (AvgIpc) is 2.59. The highest BCUT2D eigenvalue weighted by atomic mass is 16.2. The standard InChI is InChI=1S/C22H29N3O/c1-16-5-8-20(9-6-16)25-12-11-24(14-19(25)4)15-22(26)23-21-10-7-17(2)13-18(21)3/h5-10,13,19H,11-12,14-15H2,1-4H3,(H,23,26). The highest BCUT2D eigenvalue weighted by Crippen LogP contribution is 2.21. The summed E-state index contributed by atoms with van der Waals surface area (Å²) in [7, 11) is 0. The van der Waals surface area contributed by atoms with Gasteiger partial charge in [-0.15, -0.1) is 0 Å². The molecule has 0 aliphatic carbocycles. The molecule has 1 unspecified atom stereocenters. The summed E-state index contributed by atoms with van der Waals surface area (Å²) >= 11 is 0. The van der Waals surface area contributed by atoms with E-state index in [-0.39, 0.29) is 5.91 Å². The lowest BCUT2D eigenvalue weighted by molar-refractivity contribution is -0.117. The van der Waals surface area contributed by atoms with Crippen molar-refractivity contribution in [2.24, 2.45) is 0 Å². The van der Waals surface area contributed by atoms with E-state index < -0.39 is 0 Å². The van der Waals surface area contributed by atoms with E-state index in [0.717, 1.165) is 30.9 Å². The fourth-order valence-corrected chi connectivity index (χ4v) is 3.64. The summed E-state index contributed by atoms with van der Waals surface area (Å²) < 4.78 is 0. The first-order valence-corrected chi connectivity index (χ1v) is 9.35. The number of hydrogen-bond donors (Lipinski definition) is 1. The van der Waals surface area contributed by atoms with E-state index in [0.29, 0.717) is 12.6 Å². The maximum Gasteiger partial charge on any atom is 0.238 e. The third kappa shape index (κ3) is 4.44. The fraction of sp³-hybridized carbons (Fsp3) is 0.409. The number of carbonyl (C=O) groups is 1. The zero-order valence-corrected chi connectivity index (χ0v) is 16.2. The van der Waals surface area contributed by atoms with Crippen LogP contribution in [0.3, 0.4) is 0 Å². The molecule has 0 radical (unpaired) electrons. The maximum absolute atomic E-state index is 12.4. The lowest BCUT2D eigenvalue weighted by Crippen LogP contribution is -2.53. The van der Waals surface area contributed by atoms with E-state index in [9.17, 15) is 4.79 Å². The number of piperazine rings is 1. The Morgan fingerprint density at radius 1 is 1.04 bits per heavy atom. The van der Waals surface area contributed by atoms with Crippen LogP contribution in [0.15, 0.2) is 42.5 Å². The lowest BCUT2D eigenvalue weighted by Gasteiger charge is -2.41. The molecule has 1 saturated heterocycles. The number of nitrogens with one attached hydrogen (secondary N) is 1. The molecule has 26 heavy (non-hydrogen) atoms. The minimum absolute atomic E-state index is 0.0629. The SMILES string of the molecule is Cc1ccc(N2CCN(CC(=O)Nc3ccc(C)cc3C)CC2C)cc1. The van der Waals surface area contributed by atoms with Crippen molar-refractivity contribution in [3.8, 4) is 0 Å². The minimum atomic E-state index is 0.0629. The zero-order chi connectivity index (χ0) is 18.7. The van der Waals surface area contributed by atoms with Crippen molar-refractivity contribution in [2.45, 2.75) is 33.7 Å². The van der Waals surface area contributed by atoms with Gasteiger partial charge in [-0.2, -0.15) is 0 Å². The summed E-state index contributed by atoms with van der Waals surface area (Å²) in [6, 6.07) is 15.2. The Balaban J connectivity index is 1.55. The molecule has 0 aromatic heterocycles. The van der Waals surface area contributed by atoms with Gasteiger partial charge in [0.2, 0.25) is 5.91 Å². The maximum atomic E-state index is 12.4. The number of anilines is 2. The van der Waals surface area contributed by atoms with Crippen molar-refractivity contribution in [2.75, 3.05) is 36.4 Å². The van der Waals surface area contributed by atoms with Crippen molar-refractivity contribution in [1.29, 1.82) is 0 Å². The summed E-state index contributed by atoms with van der Waals surface area (Å²) in [6.45, 7) is 11.6. The lowest BCUT2D eigenvalue weighted by atomic mass is 10.1. The Morgan fingerprint density at radius 2 is 1.73 bits per heavy atom. The summed E-state index contributed by atoms with van der Waals surface area (Å²) in [4.78, 5) is 17.1. The van der Waals surface area contributed by atoms with Gasteiger partial charge in [0.1, 0.15) is 0 Å². The van der Waals surface area contributed by atoms with Crippen LogP contribution in [0.1, 0.15) is 23.6 Å². The van der Waals surface area contributed by atoms with Gasteiger partial charge in [-0.3, -0.25) is 9.69 Å². The van der Waals surface area contributed by atoms with Crippen LogP contribution >= 0.6 is 0 Å². The van der Waals surface area contributed by atoms with Gasteiger partial charge in [-0.1, -0.05) is 35.4 Å². The van der Waals surface area contributed by atoms with Gasteiger partial charge >= 0.3 is 0 Å². The molecule has 3 rings (SSSR count). The zero-order valence-electron chi connectivity index (χ0n) is 16.2. The molecule has 1 amide bonds. The molecule has 138 valence electrons. The predicted octanol–water partition coefficient (Wildman–Crippen LogP) is 3.76. The molecule has 0 saturated carbocycles. The van der Waals surface area contributed by atoms with Gasteiger partial charge < -0.3 is 10.2 Å². The molecule has 0 spiro atoms. The number of rotatable bonds is 4. The highest BCUT2D eigenvalue weighted by Gasteiger charge is 2.25. The molecule has 1 fully saturated rings. The number of carbonyl (C=O) groups excluding carboxylic acids is 1. The normalized spacial score (nSPS) is 18.0. The fourth-order valence-electron chi connectivity index (χ4n) is 3.64. The smallest absolute Gasteiger partial charge is 0.238 e. The highest BCUT2D eigenvalue weighted by molar-refractivity contribution is 5.93. The van der Waals surface area contributed by atoms with Gasteiger partial charge in [-0.05, 0) is 51.5 Å². The molecule has 1 heterocycles. The molecule has 1 N–H and O–H groups in total. The molecular weight excluding hydrogens is 322 g/mol. The van der Waals surface area contributed by atoms with Gasteiger partial charge in [0.05, 0.1) is 6.54 Å². The number of aryl methyl sites for hydroxylation is 3. The summed E-state index contributed by atoms with van der Waals surface area (Å²) in [6.07, 6.45) is 0. The second-order valence-corrected chi connectivity index (χ2v) is 7.48. The molecular formula is C22H29N3O. The molecule has 4 nitrogen and oxygen atoms in total. The summed E-state index contributed by atoms with van der Waals surface area (Å²) in [5.41, 5.74) is 5.77. The first-order chi connectivity index (χ1) is 12.4. The average molecular weight is 351 g/mol. The van der Waals surface area contributed by atoms with Gasteiger partial charge in [0.25, 0.3) is 0 Å². The second kappa shape index (κ2) is 7.92. The largest absolute Gasteiger partial charge is 0.366 e. The van der Waals surface area contributed by atoms with Gasteiger partial charge in [0.15, 0.2) is 0 Å². The molecule has 1 atom stereocenters. The van der Waals surface area contributed by atoms with E-state index in [1.165, 1.54) is 16.8 Å². The van der Waals surface area contributed by atoms with E-state index >= 15 is 0 Å². The molecule has 4 heteroatoms. The van der Waals surface area contributed by atoms with Crippen LogP contribution in [0, 0.1) is 20.8 Å². The second-order valence-electron chi connectivity index (χ2n) is 7.48. The topological polar surface area (TPSA) is 35.6 Å². The number of amides is 1. The van der Waals surface area contributed by atoms with Crippen LogP contribution in [0.4, 0.5) is 11.4 Å². The number of nitrogens with zero attached hydrogens (tertiary/aromatic N) is 2. The van der Waals surface area contributed by atoms with E-state index in [4.69, 9.17) is 0 Å². The van der Waals surface area contributed by atoms with Crippen LogP contribution in [-0.2, 0) is 4.79 Å². The third-order valence-corrected chi connectivity index (χ3v) is 5.10. The van der Waals surface area contributed by atoms with Crippen molar-refractivity contribution >= 4 is 17.3 Å². The molecule has 1 aliphatic rings. The monoisotopic (exact) mass is 351 g/mol. The van der Waals surface area contributed by atoms with Crippen molar-refractivity contribution < 1.29 is 4.79 Å². The van der Waals surface area contributed by atoms with Crippen LogP contribution < -0.4 is 10.2 Å². The Hall–Kier alpha value is -2.33. The number of hydrogen-bond acceptors (Lipinski definition) is 3. The van der Waals surface area contributed by atoms with E-state index in [1.807, 2.05) is 19.1 Å². The molecule has 2 aromatic carbocycles. The molecule has 1 aliphatic heterocycles. The van der Waals surface area contributed by atoms with Crippen LogP contribution in [0.5, 0.6) is 0 Å². The quantitative estimate of drug-likeness (QED) is 0.911. The molecule has 0 bridgehead atoms. The predicted molar refractivity (Wildman–Crippen MR) is 109 cm³/mol. The van der Waals surface area contributed by atoms with Gasteiger partial charge in [-0.25, -0.2) is 0 Å². The van der Waals surface area contributed by atoms with Crippen molar-refractivity contribution in [3.63, 3.8) is 0 Å². The Labute approximate surface area is 156 Å². The van der Waals surface area contributed by atoms with Gasteiger partial charge in [0, 0.05) is 37.1 Å². The third-order valence-electron chi connectivity index (χ3n) is 5.10. The first kappa shape index (κ1) is 18.5. The van der Waals surface area contributed by atoms with Crippen molar-refractivity contribution in [1.82, 2.24) is 4.90 Å². The Kier molecular flexibility index (Phi) is 5.62. The summed E-state index contributed by atoms with van der Waals surface area (Å²) in [5, 5.41) is 3.05. The minimum Gasteiger partial charge on any atom is -0.366 e. The van der Waals surface area contributed by atoms with Crippen LogP contribution in [0.2, 0.25) is 0 Å². The van der Waals surface area contributed by atoms with Crippen LogP contribution in [-0.4, -0.2) is 43.0 Å². The van der Waals surface area contributed by atoms with E-state index in [2.05, 4.69) is 66.2 Å². The first-order valence-electron chi connectivity index (χ1n) is 9.35. The Morgan fingerprint density at radius 3 is 2.38 bits per heavy atom. The number of benzene rings is 2. The van der Waals surface area contributed by atoms with E-state index in [1.54, 1.807) is 0 Å². The van der Waals surface area contributed by atoms with Crippen molar-refractivity contribution in [3.05, 3.63) is 59.2 Å². The molecule has 2 aromatic rings. The summed E-state index contributed by atoms with van der Waals surface area (Å²) in [5.74, 6) is 0.0629. The van der Waals surface area contributed by atoms with Crippen LogP contribution in [0.25, 0.3) is 0 Å². The Bertz CT molecular complexity index is 769.